The van der Waals surface area contributed by atoms with Gasteiger partial charge in [0, 0.05) is 49.7 Å². The van der Waals surface area contributed by atoms with Crippen LogP contribution < -0.4 is 4.90 Å². The van der Waals surface area contributed by atoms with Crippen LogP contribution in [0, 0.1) is 0 Å². The summed E-state index contributed by atoms with van der Waals surface area (Å²) in [5, 5.41) is 6.62. The third-order valence-corrected chi connectivity index (χ3v) is 10.1. The third-order valence-electron chi connectivity index (χ3n) is 10.1. The summed E-state index contributed by atoms with van der Waals surface area (Å²) in [5.74, 6) is 0.570. The van der Waals surface area contributed by atoms with Crippen molar-refractivity contribution in [2.75, 3.05) is 4.90 Å². The summed E-state index contributed by atoms with van der Waals surface area (Å²) in [6.07, 6.45) is 0. The fraction of sp³-hybridized carbons (Fsp3) is 0. The summed E-state index contributed by atoms with van der Waals surface area (Å²) in [6, 6.07) is 58.7. The largest absolute Gasteiger partial charge is 0.456 e. The number of para-hydroxylation sites is 3. The van der Waals surface area contributed by atoms with E-state index in [0.717, 1.165) is 88.7 Å². The molecule has 0 aliphatic carbocycles. The van der Waals surface area contributed by atoms with E-state index < -0.39 is 0 Å². The van der Waals surface area contributed by atoms with Crippen LogP contribution in [0.3, 0.4) is 0 Å². The van der Waals surface area contributed by atoms with E-state index in [1.165, 1.54) is 10.8 Å². The van der Waals surface area contributed by atoms with E-state index in [2.05, 4.69) is 120 Å². The molecule has 8 aromatic carbocycles. The Labute approximate surface area is 297 Å². The normalized spacial score (nSPS) is 11.8. The molecule has 0 atom stereocenters. The fourth-order valence-electron chi connectivity index (χ4n) is 7.65. The number of fused-ring (bicyclic) bond motifs is 8. The van der Waals surface area contributed by atoms with Crippen LogP contribution in [0.4, 0.5) is 17.1 Å². The molecule has 0 bridgehead atoms. The Morgan fingerprint density at radius 2 is 1.04 bits per heavy atom. The van der Waals surface area contributed by atoms with Gasteiger partial charge in [0.25, 0.3) is 0 Å². The summed E-state index contributed by atoms with van der Waals surface area (Å²) in [4.78, 5) is 7.28. The molecular formula is C47H28N2O3. The van der Waals surface area contributed by atoms with Crippen molar-refractivity contribution in [3.8, 4) is 22.6 Å². The zero-order chi connectivity index (χ0) is 34.2. The van der Waals surface area contributed by atoms with E-state index in [1.54, 1.807) is 0 Å². The van der Waals surface area contributed by atoms with E-state index >= 15 is 0 Å². The number of benzene rings is 8. The van der Waals surface area contributed by atoms with E-state index in [1.807, 2.05) is 54.6 Å². The number of hydrogen-bond donors (Lipinski definition) is 0. The van der Waals surface area contributed by atoms with Gasteiger partial charge in [-0.2, -0.15) is 0 Å². The van der Waals surface area contributed by atoms with Crippen LogP contribution in [0.5, 0.6) is 0 Å². The molecule has 0 radical (unpaired) electrons. The van der Waals surface area contributed by atoms with E-state index in [9.17, 15) is 0 Å². The molecule has 0 spiro atoms. The highest BCUT2D eigenvalue weighted by Crippen LogP contribution is 2.42. The standard InChI is InChI=1S/C47H28N2O3/c1-2-10-31-27-33(24-19-29(31)9-1)49(34-25-26-43-39(28-34)36-11-3-5-16-41(36)50-43)32-22-20-30(21-23-32)35-13-7-15-40-46(35)52-47(48-40)38-14-8-18-44-45(38)37-12-4-6-17-42(37)51-44/h1-28H. The van der Waals surface area contributed by atoms with Gasteiger partial charge in [-0.25, -0.2) is 4.98 Å². The summed E-state index contributed by atoms with van der Waals surface area (Å²) in [7, 11) is 0. The van der Waals surface area contributed by atoms with Gasteiger partial charge in [0.15, 0.2) is 5.58 Å². The number of aromatic nitrogens is 1. The predicted octanol–water partition coefficient (Wildman–Crippen LogP) is 13.6. The molecule has 11 aromatic rings. The van der Waals surface area contributed by atoms with Crippen molar-refractivity contribution >= 4 is 82.8 Å². The van der Waals surface area contributed by atoms with Crippen LogP contribution >= 0.6 is 0 Å². The molecule has 0 aliphatic heterocycles. The van der Waals surface area contributed by atoms with Gasteiger partial charge in [-0.1, -0.05) is 97.1 Å². The van der Waals surface area contributed by atoms with Gasteiger partial charge >= 0.3 is 0 Å². The highest BCUT2D eigenvalue weighted by molar-refractivity contribution is 6.12. The van der Waals surface area contributed by atoms with Crippen molar-refractivity contribution in [1.29, 1.82) is 0 Å². The highest BCUT2D eigenvalue weighted by atomic mass is 16.4. The maximum absolute atomic E-state index is 6.62. The monoisotopic (exact) mass is 668 g/mol. The first-order chi connectivity index (χ1) is 25.7. The van der Waals surface area contributed by atoms with Crippen LogP contribution in [0.1, 0.15) is 0 Å². The first kappa shape index (κ1) is 28.7. The first-order valence-corrected chi connectivity index (χ1v) is 17.4. The lowest BCUT2D eigenvalue weighted by atomic mass is 10.0. The lowest BCUT2D eigenvalue weighted by molar-refractivity contribution is 0.621. The Balaban J connectivity index is 1.03. The lowest BCUT2D eigenvalue weighted by Gasteiger charge is -2.26. The molecule has 5 nitrogen and oxygen atoms in total. The second-order valence-electron chi connectivity index (χ2n) is 13.1. The maximum atomic E-state index is 6.62. The Bertz CT molecular complexity index is 3150. The Morgan fingerprint density at radius 3 is 1.92 bits per heavy atom. The van der Waals surface area contributed by atoms with Crippen molar-refractivity contribution in [1.82, 2.24) is 4.98 Å². The molecule has 52 heavy (non-hydrogen) atoms. The second-order valence-corrected chi connectivity index (χ2v) is 13.1. The van der Waals surface area contributed by atoms with Crippen LogP contribution in [-0.4, -0.2) is 4.98 Å². The molecule has 0 saturated carbocycles. The summed E-state index contributed by atoms with van der Waals surface area (Å²) in [6.45, 7) is 0. The maximum Gasteiger partial charge on any atom is 0.228 e. The predicted molar refractivity (Wildman–Crippen MR) is 212 cm³/mol. The number of rotatable bonds is 5. The van der Waals surface area contributed by atoms with Crippen LogP contribution in [0.2, 0.25) is 0 Å². The number of hydrogen-bond acceptors (Lipinski definition) is 5. The number of anilines is 3. The van der Waals surface area contributed by atoms with Crippen LogP contribution in [-0.2, 0) is 0 Å². The molecule has 0 amide bonds. The average molecular weight is 669 g/mol. The van der Waals surface area contributed by atoms with E-state index in [4.69, 9.17) is 18.2 Å². The van der Waals surface area contributed by atoms with Crippen molar-refractivity contribution in [2.24, 2.45) is 0 Å². The minimum absolute atomic E-state index is 0.570. The number of furan rings is 2. The van der Waals surface area contributed by atoms with E-state index in [0.29, 0.717) is 5.89 Å². The molecular weight excluding hydrogens is 641 g/mol. The number of nitrogens with zero attached hydrogens (tertiary/aromatic N) is 2. The summed E-state index contributed by atoms with van der Waals surface area (Å²) >= 11 is 0. The molecule has 0 saturated heterocycles. The molecule has 0 unspecified atom stereocenters. The van der Waals surface area contributed by atoms with Crippen LogP contribution in [0.25, 0.3) is 88.3 Å². The Kier molecular flexibility index (Phi) is 6.18. The Morgan fingerprint density at radius 1 is 0.404 bits per heavy atom. The minimum atomic E-state index is 0.570. The fourth-order valence-corrected chi connectivity index (χ4v) is 7.65. The van der Waals surface area contributed by atoms with Gasteiger partial charge in [-0.15, -0.1) is 0 Å². The molecule has 5 heteroatoms. The minimum Gasteiger partial charge on any atom is -0.456 e. The van der Waals surface area contributed by atoms with Crippen LogP contribution in [0.15, 0.2) is 183 Å². The molecule has 11 rings (SSSR count). The molecule has 0 aliphatic rings. The van der Waals surface area contributed by atoms with Crippen molar-refractivity contribution in [3.63, 3.8) is 0 Å². The zero-order valence-electron chi connectivity index (χ0n) is 27.8. The van der Waals surface area contributed by atoms with E-state index in [-0.39, 0.29) is 0 Å². The summed E-state index contributed by atoms with van der Waals surface area (Å²) in [5.41, 5.74) is 11.1. The number of oxazole rings is 1. The topological polar surface area (TPSA) is 55.6 Å². The van der Waals surface area contributed by atoms with Crippen molar-refractivity contribution in [3.05, 3.63) is 170 Å². The Hall–Kier alpha value is -7.11. The highest BCUT2D eigenvalue weighted by Gasteiger charge is 2.20. The van der Waals surface area contributed by atoms with Gasteiger partial charge in [-0.05, 0) is 89.1 Å². The lowest BCUT2D eigenvalue weighted by Crippen LogP contribution is -2.09. The molecule has 0 N–H and O–H groups in total. The quantitative estimate of drug-likeness (QED) is 0.183. The second kappa shape index (κ2) is 11.2. The zero-order valence-corrected chi connectivity index (χ0v) is 27.8. The van der Waals surface area contributed by atoms with Gasteiger partial charge in [0.2, 0.25) is 5.89 Å². The molecule has 0 fully saturated rings. The molecule has 244 valence electrons. The summed E-state index contributed by atoms with van der Waals surface area (Å²) < 4.78 is 19.0. The average Bonchev–Trinajstić information content (AvgIpc) is 3.92. The van der Waals surface area contributed by atoms with Crippen molar-refractivity contribution in [2.45, 2.75) is 0 Å². The van der Waals surface area contributed by atoms with Crippen molar-refractivity contribution < 1.29 is 13.3 Å². The van der Waals surface area contributed by atoms with Gasteiger partial charge in [0.05, 0.1) is 0 Å². The van der Waals surface area contributed by atoms with Gasteiger partial charge in [-0.3, -0.25) is 0 Å². The van der Waals surface area contributed by atoms with Gasteiger partial charge in [0.1, 0.15) is 27.8 Å². The third kappa shape index (κ3) is 4.46. The smallest absolute Gasteiger partial charge is 0.228 e. The molecule has 3 heterocycles. The first-order valence-electron chi connectivity index (χ1n) is 17.4. The SMILES string of the molecule is c1ccc2cc(N(c3ccc(-c4cccc5nc(-c6cccc7oc8ccccc8c67)oc45)cc3)c3ccc4oc5ccccc5c4c3)ccc2c1. The molecule has 3 aromatic heterocycles. The van der Waals surface area contributed by atoms with Gasteiger partial charge < -0.3 is 18.2 Å².